The van der Waals surface area contributed by atoms with Crippen molar-refractivity contribution in [2.45, 2.75) is 18.9 Å². The number of hydrogen-bond donors (Lipinski definition) is 1. The van der Waals surface area contributed by atoms with Crippen molar-refractivity contribution in [3.8, 4) is 11.3 Å². The Morgan fingerprint density at radius 1 is 1.20 bits per heavy atom. The monoisotopic (exact) mass is 486 g/mol. The number of fused-ring (bicyclic) bond motifs is 2. The Morgan fingerprint density at radius 2 is 2.00 bits per heavy atom. The van der Waals surface area contributed by atoms with E-state index in [1.165, 1.54) is 17.5 Å². The normalized spacial score (nSPS) is 16.6. The molecule has 0 spiro atoms. The molecule has 1 aliphatic carbocycles. The summed E-state index contributed by atoms with van der Waals surface area (Å²) >= 11 is 1.60. The van der Waals surface area contributed by atoms with Gasteiger partial charge in [0.15, 0.2) is 5.65 Å². The number of likely N-dealkylation sites (tertiary alicyclic amines) is 1. The highest BCUT2D eigenvalue weighted by Gasteiger charge is 2.35. The van der Waals surface area contributed by atoms with Gasteiger partial charge in [-0.25, -0.2) is 19.6 Å². The third-order valence-electron chi connectivity index (χ3n) is 6.74. The number of hydrogen-bond acceptors (Lipinski definition) is 8. The first kappa shape index (κ1) is 21.9. The fraction of sp³-hybridized carbons (Fsp3) is 0.320. The summed E-state index contributed by atoms with van der Waals surface area (Å²) in [5, 5.41) is 5.81. The van der Waals surface area contributed by atoms with Crippen LogP contribution in [0.2, 0.25) is 0 Å². The van der Waals surface area contributed by atoms with E-state index < -0.39 is 0 Å². The van der Waals surface area contributed by atoms with Crippen molar-refractivity contribution in [1.82, 2.24) is 34.5 Å². The number of carbonyl (C=O) groups is 1. The number of thiazole rings is 1. The van der Waals surface area contributed by atoms with Crippen molar-refractivity contribution in [1.29, 1.82) is 0 Å². The molecule has 0 saturated heterocycles. The third-order valence-corrected chi connectivity index (χ3v) is 7.53. The number of anilines is 1. The smallest absolute Gasteiger partial charge is 0.246 e. The van der Waals surface area contributed by atoms with Crippen LogP contribution in [0.25, 0.3) is 32.5 Å². The molecule has 1 amide bonds. The molecule has 10 heteroatoms. The first-order valence-electron chi connectivity index (χ1n) is 11.6. The Kier molecular flexibility index (Phi) is 5.34. The lowest BCUT2D eigenvalue weighted by Gasteiger charge is -2.20. The van der Waals surface area contributed by atoms with Gasteiger partial charge in [0.25, 0.3) is 0 Å². The number of nitrogens with zero attached hydrogens (tertiary/aromatic N) is 7. The van der Waals surface area contributed by atoms with Crippen molar-refractivity contribution >= 4 is 44.3 Å². The predicted molar refractivity (Wildman–Crippen MR) is 138 cm³/mol. The predicted octanol–water partition coefficient (Wildman–Crippen LogP) is 3.28. The van der Waals surface area contributed by atoms with Crippen molar-refractivity contribution in [3.05, 3.63) is 53.3 Å². The molecule has 4 heterocycles. The van der Waals surface area contributed by atoms with E-state index in [0.717, 1.165) is 51.9 Å². The van der Waals surface area contributed by atoms with Crippen molar-refractivity contribution in [3.63, 3.8) is 0 Å². The van der Waals surface area contributed by atoms with Gasteiger partial charge in [0, 0.05) is 31.3 Å². The zero-order valence-corrected chi connectivity index (χ0v) is 20.5. The molecule has 35 heavy (non-hydrogen) atoms. The van der Waals surface area contributed by atoms with Crippen LogP contribution in [0.1, 0.15) is 18.9 Å². The minimum atomic E-state index is 0.0728. The maximum Gasteiger partial charge on any atom is 0.246 e. The molecule has 178 valence electrons. The first-order chi connectivity index (χ1) is 17.0. The fourth-order valence-electron chi connectivity index (χ4n) is 5.05. The summed E-state index contributed by atoms with van der Waals surface area (Å²) in [5.41, 5.74) is 14.3. The lowest BCUT2D eigenvalue weighted by molar-refractivity contribution is -0.124. The molecular formula is C25H26N8OS. The molecule has 0 atom stereocenters. The summed E-state index contributed by atoms with van der Waals surface area (Å²) in [4.78, 5) is 29.8. The summed E-state index contributed by atoms with van der Waals surface area (Å²) in [6.07, 6.45) is 6.82. The number of carbonyl (C=O) groups excluding carboxylic acids is 1. The fourth-order valence-corrected chi connectivity index (χ4v) is 5.77. The van der Waals surface area contributed by atoms with E-state index in [9.17, 15) is 4.79 Å². The highest BCUT2D eigenvalue weighted by molar-refractivity contribution is 7.16. The number of aromatic nitrogens is 5. The zero-order valence-electron chi connectivity index (χ0n) is 19.7. The van der Waals surface area contributed by atoms with Gasteiger partial charge in [-0.3, -0.25) is 4.79 Å². The lowest BCUT2D eigenvalue weighted by atomic mass is 10.1. The molecule has 4 aromatic rings. The Morgan fingerprint density at radius 3 is 2.77 bits per heavy atom. The van der Waals surface area contributed by atoms with Gasteiger partial charge in [-0.05, 0) is 50.2 Å². The van der Waals surface area contributed by atoms with Crippen molar-refractivity contribution in [2.75, 3.05) is 39.5 Å². The lowest BCUT2D eigenvalue weighted by Crippen LogP contribution is -2.29. The van der Waals surface area contributed by atoms with Gasteiger partial charge in [0.05, 0.1) is 27.2 Å². The summed E-state index contributed by atoms with van der Waals surface area (Å²) in [5.74, 6) is 0.504. The molecule has 0 fully saturated rings. The molecule has 0 radical (unpaired) electrons. The van der Waals surface area contributed by atoms with Gasteiger partial charge < -0.3 is 15.5 Å². The molecule has 1 aromatic carbocycles. The number of benzene rings is 1. The van der Waals surface area contributed by atoms with Crippen molar-refractivity contribution < 1.29 is 4.79 Å². The van der Waals surface area contributed by atoms with Crippen LogP contribution < -0.4 is 5.73 Å². The molecule has 3 aromatic heterocycles. The third kappa shape index (κ3) is 3.88. The van der Waals surface area contributed by atoms with Gasteiger partial charge >= 0.3 is 0 Å². The number of likely N-dealkylation sites (N-methyl/N-ethyl adjacent to an activating group) is 1. The number of amides is 1. The average Bonchev–Trinajstić information content (AvgIpc) is 3.59. The minimum Gasteiger partial charge on any atom is -0.383 e. The summed E-state index contributed by atoms with van der Waals surface area (Å²) in [6, 6.07) is 6.29. The Balaban J connectivity index is 1.27. The van der Waals surface area contributed by atoms with Crippen LogP contribution >= 0.6 is 11.3 Å². The van der Waals surface area contributed by atoms with E-state index in [-0.39, 0.29) is 11.9 Å². The van der Waals surface area contributed by atoms with Gasteiger partial charge in [-0.15, -0.1) is 11.3 Å². The van der Waals surface area contributed by atoms with E-state index in [1.807, 2.05) is 52.3 Å². The second-order valence-corrected chi connectivity index (χ2v) is 10.3. The Hall–Kier alpha value is -3.63. The van der Waals surface area contributed by atoms with Crippen LogP contribution in [0.15, 0.2) is 53.3 Å². The quantitative estimate of drug-likeness (QED) is 0.341. The molecule has 6 rings (SSSR count). The SMILES string of the molecule is CN(C)CC=CC(=O)N1CC2=C(CC(n3nc(-c4ccc5ncsc5c4)c4c(N)ncnc43)C2)C1. The minimum absolute atomic E-state index is 0.0728. The largest absolute Gasteiger partial charge is 0.383 e. The van der Waals surface area contributed by atoms with E-state index in [2.05, 4.69) is 21.0 Å². The van der Waals surface area contributed by atoms with Crippen LogP contribution in [0.3, 0.4) is 0 Å². The van der Waals surface area contributed by atoms with E-state index in [0.29, 0.717) is 18.9 Å². The van der Waals surface area contributed by atoms with E-state index in [1.54, 1.807) is 17.4 Å². The summed E-state index contributed by atoms with van der Waals surface area (Å²) in [7, 11) is 3.98. The maximum absolute atomic E-state index is 12.6. The molecular weight excluding hydrogens is 460 g/mol. The average molecular weight is 487 g/mol. The second-order valence-electron chi connectivity index (χ2n) is 9.41. The molecule has 9 nitrogen and oxygen atoms in total. The van der Waals surface area contributed by atoms with E-state index >= 15 is 0 Å². The molecule has 2 N–H and O–H groups in total. The van der Waals surface area contributed by atoms with Gasteiger partial charge in [-0.2, -0.15) is 5.10 Å². The first-order valence-corrected chi connectivity index (χ1v) is 12.5. The van der Waals surface area contributed by atoms with Crippen LogP contribution in [-0.4, -0.2) is 74.2 Å². The van der Waals surface area contributed by atoms with Crippen LogP contribution in [0, 0.1) is 0 Å². The topological polar surface area (TPSA) is 106 Å². The number of nitrogens with two attached hydrogens (primary N) is 1. The highest BCUT2D eigenvalue weighted by Crippen LogP contribution is 2.42. The number of rotatable bonds is 5. The van der Waals surface area contributed by atoms with Crippen LogP contribution in [-0.2, 0) is 4.79 Å². The van der Waals surface area contributed by atoms with Crippen molar-refractivity contribution in [2.24, 2.45) is 0 Å². The maximum atomic E-state index is 12.6. The van der Waals surface area contributed by atoms with Gasteiger partial charge in [-0.1, -0.05) is 12.1 Å². The van der Waals surface area contributed by atoms with Gasteiger partial charge in [0.1, 0.15) is 17.8 Å². The van der Waals surface area contributed by atoms with E-state index in [4.69, 9.17) is 10.8 Å². The second kappa shape index (κ2) is 8.54. The Labute approximate surface area is 206 Å². The highest BCUT2D eigenvalue weighted by atomic mass is 32.1. The van der Waals surface area contributed by atoms with Crippen LogP contribution in [0.4, 0.5) is 5.82 Å². The van der Waals surface area contributed by atoms with Crippen LogP contribution in [0.5, 0.6) is 0 Å². The molecule has 0 bridgehead atoms. The Bertz CT molecular complexity index is 1500. The zero-order chi connectivity index (χ0) is 24.1. The molecule has 1 aliphatic heterocycles. The van der Waals surface area contributed by atoms with Gasteiger partial charge in [0.2, 0.25) is 5.91 Å². The molecule has 2 aliphatic rings. The molecule has 0 saturated carbocycles. The summed E-state index contributed by atoms with van der Waals surface area (Å²) < 4.78 is 3.12. The number of nitrogen functional groups attached to an aromatic ring is 1. The standard InChI is InChI=1S/C25H26N8OS/c1-31(2)7-3-4-21(34)32-11-16-8-18(9-17(16)12-32)33-25-22(24(26)27-13-28-25)23(30-33)15-5-6-19-20(10-15)35-14-29-19/h3-6,10,13-14,18H,7-9,11-12H2,1-2H3,(H2,26,27,28). The summed E-state index contributed by atoms with van der Waals surface area (Å²) in [6.45, 7) is 2.12. The molecule has 0 unspecified atom stereocenters.